The van der Waals surface area contributed by atoms with Crippen LogP contribution in [0.5, 0.6) is 0 Å². The van der Waals surface area contributed by atoms with Gasteiger partial charge in [0.05, 0.1) is 12.6 Å². The minimum absolute atomic E-state index is 0.285. The molecule has 5 amide bonds. The van der Waals surface area contributed by atoms with E-state index in [1.165, 1.54) is 6.92 Å². The first-order valence-electron chi connectivity index (χ1n) is 8.96. The van der Waals surface area contributed by atoms with E-state index < -0.39 is 66.3 Å². The average molecular weight is 432 g/mol. The predicted octanol–water partition coefficient (Wildman–Crippen LogP) is -4.60. The monoisotopic (exact) mass is 432 g/mol. The molecular weight excluding hydrogens is 404 g/mol. The smallest absolute Gasteiger partial charge is 0.326 e. The Labute approximate surface area is 171 Å². The maximum absolute atomic E-state index is 12.5. The molecule has 0 aliphatic rings. The van der Waals surface area contributed by atoms with E-state index in [9.17, 15) is 39.0 Å². The predicted molar refractivity (Wildman–Crippen MR) is 101 cm³/mol. The van der Waals surface area contributed by atoms with Crippen molar-refractivity contribution in [3.8, 4) is 0 Å². The normalized spacial score (nSPS) is 14.5. The molecule has 14 heteroatoms. The Hall–Kier alpha value is -3.26. The Morgan fingerprint density at radius 1 is 0.833 bits per heavy atom. The van der Waals surface area contributed by atoms with Crippen LogP contribution in [-0.4, -0.2) is 76.5 Å². The van der Waals surface area contributed by atoms with Crippen molar-refractivity contribution < 1.29 is 39.0 Å². The van der Waals surface area contributed by atoms with Crippen LogP contribution in [0.4, 0.5) is 0 Å². The maximum Gasteiger partial charge on any atom is 0.326 e. The van der Waals surface area contributed by atoms with Gasteiger partial charge in [-0.15, -0.1) is 0 Å². The lowest BCUT2D eigenvalue weighted by Gasteiger charge is -2.25. The molecule has 0 aromatic rings. The van der Waals surface area contributed by atoms with Crippen LogP contribution in [0.2, 0.25) is 0 Å². The number of carboxylic acids is 1. The molecular formula is C16H28N6O8. The van der Waals surface area contributed by atoms with Gasteiger partial charge < -0.3 is 43.4 Å². The quantitative estimate of drug-likeness (QED) is 0.131. The topological polar surface area (TPSA) is 257 Å². The fraction of sp³-hybridized carbons (Fsp3) is 0.625. The number of nitrogens with two attached hydrogens (primary N) is 3. The lowest BCUT2D eigenvalue weighted by Crippen LogP contribution is -2.58. The van der Waals surface area contributed by atoms with E-state index in [2.05, 4.69) is 16.0 Å². The summed E-state index contributed by atoms with van der Waals surface area (Å²) in [5.74, 6) is -5.69. The number of primary amides is 2. The zero-order valence-electron chi connectivity index (χ0n) is 16.4. The molecule has 0 aromatic carbocycles. The molecule has 0 saturated heterocycles. The van der Waals surface area contributed by atoms with E-state index in [0.29, 0.717) is 0 Å². The van der Waals surface area contributed by atoms with Crippen molar-refractivity contribution >= 4 is 35.5 Å². The van der Waals surface area contributed by atoms with Gasteiger partial charge in [-0.2, -0.15) is 0 Å². The molecule has 170 valence electrons. The number of carbonyl (C=O) groups is 6. The zero-order chi connectivity index (χ0) is 23.4. The number of carboxylic acid groups (broad SMARTS) is 1. The first-order chi connectivity index (χ1) is 13.9. The molecule has 4 unspecified atom stereocenters. The summed E-state index contributed by atoms with van der Waals surface area (Å²) in [5.41, 5.74) is 15.2. The van der Waals surface area contributed by atoms with Crippen molar-refractivity contribution in [3.63, 3.8) is 0 Å². The maximum atomic E-state index is 12.5. The number of amides is 5. The average Bonchev–Trinajstić information content (AvgIpc) is 2.64. The van der Waals surface area contributed by atoms with Gasteiger partial charge in [0, 0.05) is 12.8 Å². The molecule has 0 spiro atoms. The Kier molecular flexibility index (Phi) is 11.6. The molecule has 30 heavy (non-hydrogen) atoms. The van der Waals surface area contributed by atoms with Gasteiger partial charge in [0.25, 0.3) is 0 Å². The van der Waals surface area contributed by atoms with E-state index in [4.69, 9.17) is 17.2 Å². The number of aliphatic hydroxyl groups is 1. The Morgan fingerprint density at radius 2 is 1.30 bits per heavy atom. The molecule has 4 atom stereocenters. The molecule has 0 aliphatic heterocycles. The minimum atomic E-state index is -1.48. The highest BCUT2D eigenvalue weighted by Gasteiger charge is 2.31. The number of nitrogens with one attached hydrogen (secondary N) is 3. The van der Waals surface area contributed by atoms with Crippen LogP contribution in [-0.2, 0) is 28.8 Å². The third-order valence-electron chi connectivity index (χ3n) is 3.87. The first-order valence-corrected chi connectivity index (χ1v) is 8.96. The van der Waals surface area contributed by atoms with Crippen molar-refractivity contribution in [2.75, 3.05) is 6.54 Å². The van der Waals surface area contributed by atoms with Gasteiger partial charge in [0.1, 0.15) is 18.1 Å². The summed E-state index contributed by atoms with van der Waals surface area (Å²) in [7, 11) is 0. The fourth-order valence-corrected chi connectivity index (χ4v) is 2.27. The number of rotatable bonds is 14. The molecule has 14 nitrogen and oxygen atoms in total. The summed E-state index contributed by atoms with van der Waals surface area (Å²) in [5, 5.41) is 25.5. The van der Waals surface area contributed by atoms with Crippen molar-refractivity contribution in [3.05, 3.63) is 0 Å². The highest BCUT2D eigenvalue weighted by Crippen LogP contribution is 2.04. The molecule has 0 bridgehead atoms. The van der Waals surface area contributed by atoms with Crippen LogP contribution < -0.4 is 33.2 Å². The molecule has 0 saturated carbocycles. The lowest BCUT2D eigenvalue weighted by atomic mass is 10.1. The third kappa shape index (κ3) is 10.3. The van der Waals surface area contributed by atoms with Gasteiger partial charge in [-0.1, -0.05) is 0 Å². The van der Waals surface area contributed by atoms with Gasteiger partial charge in [0.15, 0.2) is 0 Å². The summed E-state index contributed by atoms with van der Waals surface area (Å²) in [6.45, 7) is 0.756. The molecule has 0 fully saturated rings. The van der Waals surface area contributed by atoms with E-state index in [0.717, 1.165) is 0 Å². The van der Waals surface area contributed by atoms with Crippen LogP contribution in [0.3, 0.4) is 0 Å². The van der Waals surface area contributed by atoms with E-state index in [1.54, 1.807) is 0 Å². The van der Waals surface area contributed by atoms with Crippen molar-refractivity contribution in [2.45, 2.75) is 56.8 Å². The molecule has 0 rings (SSSR count). The van der Waals surface area contributed by atoms with E-state index >= 15 is 0 Å². The standard InChI is InChI=1S/C16H28N6O8/c1-7(23)13(22-12(26)6-17)15(28)20-8(2-4-10(18)24)14(27)21-9(16(29)30)3-5-11(19)25/h7-9,13,23H,2-6,17H2,1H3,(H2,18,24)(H2,19,25)(H,20,28)(H,21,27)(H,22,26)(H,29,30). The summed E-state index contributed by atoms with van der Waals surface area (Å²) in [4.78, 5) is 69.6. The van der Waals surface area contributed by atoms with Gasteiger partial charge >= 0.3 is 5.97 Å². The number of hydrogen-bond acceptors (Lipinski definition) is 8. The third-order valence-corrected chi connectivity index (χ3v) is 3.87. The van der Waals surface area contributed by atoms with Crippen molar-refractivity contribution in [1.29, 1.82) is 0 Å². The van der Waals surface area contributed by atoms with Crippen LogP contribution in [0.1, 0.15) is 32.6 Å². The lowest BCUT2D eigenvalue weighted by molar-refractivity contribution is -0.143. The Morgan fingerprint density at radius 3 is 1.70 bits per heavy atom. The van der Waals surface area contributed by atoms with Gasteiger partial charge in [-0.3, -0.25) is 24.0 Å². The van der Waals surface area contributed by atoms with Crippen molar-refractivity contribution in [2.24, 2.45) is 17.2 Å². The molecule has 0 radical (unpaired) electrons. The second-order valence-corrected chi connectivity index (χ2v) is 6.46. The van der Waals surface area contributed by atoms with Gasteiger partial charge in [0.2, 0.25) is 29.5 Å². The number of aliphatic carboxylic acids is 1. The van der Waals surface area contributed by atoms with Crippen LogP contribution in [0, 0.1) is 0 Å². The van der Waals surface area contributed by atoms with E-state index in [-0.39, 0.29) is 25.7 Å². The molecule has 11 N–H and O–H groups in total. The van der Waals surface area contributed by atoms with Gasteiger partial charge in [-0.05, 0) is 19.8 Å². The largest absolute Gasteiger partial charge is 0.480 e. The van der Waals surface area contributed by atoms with Crippen molar-refractivity contribution in [1.82, 2.24) is 16.0 Å². The number of aliphatic hydroxyl groups excluding tert-OH is 1. The zero-order valence-corrected chi connectivity index (χ0v) is 16.4. The molecule has 0 aliphatic carbocycles. The Balaban J connectivity index is 5.39. The highest BCUT2D eigenvalue weighted by atomic mass is 16.4. The van der Waals surface area contributed by atoms with Crippen LogP contribution in [0.15, 0.2) is 0 Å². The number of carbonyl (C=O) groups excluding carboxylic acids is 5. The fourth-order valence-electron chi connectivity index (χ4n) is 2.27. The summed E-state index contributed by atoms with van der Waals surface area (Å²) < 4.78 is 0. The van der Waals surface area contributed by atoms with Crippen LogP contribution in [0.25, 0.3) is 0 Å². The number of hydrogen-bond donors (Lipinski definition) is 8. The summed E-state index contributed by atoms with van der Waals surface area (Å²) in [6, 6.07) is -4.37. The Bertz CT molecular complexity index is 668. The highest BCUT2D eigenvalue weighted by molar-refractivity contribution is 5.94. The van der Waals surface area contributed by atoms with E-state index in [1.807, 2.05) is 0 Å². The summed E-state index contributed by atoms with van der Waals surface area (Å²) >= 11 is 0. The first kappa shape index (κ1) is 26.7. The second kappa shape index (κ2) is 13.1. The van der Waals surface area contributed by atoms with Crippen LogP contribution >= 0.6 is 0 Å². The SMILES string of the molecule is CC(O)C(NC(=O)CN)C(=O)NC(CCC(N)=O)C(=O)NC(CCC(N)=O)C(=O)O. The summed E-state index contributed by atoms with van der Waals surface area (Å²) in [6.07, 6.45) is -2.58. The van der Waals surface area contributed by atoms with Gasteiger partial charge in [-0.25, -0.2) is 4.79 Å². The molecule has 0 aromatic heterocycles. The second-order valence-electron chi connectivity index (χ2n) is 6.46. The molecule has 0 heterocycles. The minimum Gasteiger partial charge on any atom is -0.480 e.